The Kier molecular flexibility index (Phi) is 4.04. The Morgan fingerprint density at radius 1 is 1.42 bits per heavy atom. The van der Waals surface area contributed by atoms with E-state index in [0.29, 0.717) is 0 Å². The molecule has 0 aliphatic rings. The first-order chi connectivity index (χ1) is 5.43. The highest BCUT2D eigenvalue weighted by Crippen LogP contribution is 1.99. The summed E-state index contributed by atoms with van der Waals surface area (Å²) < 4.78 is 4.74. The maximum Gasteiger partial charge on any atom is 0.334 e. The molecule has 0 amide bonds. The SMILES string of the molecule is C/C(=C/C(=O)O)C(=O)OC(C)C. The molecular formula is C8H12O4. The molecule has 0 heterocycles. The fourth-order valence-electron chi connectivity index (χ4n) is 0.551. The van der Waals surface area contributed by atoms with E-state index in [4.69, 9.17) is 9.84 Å². The second kappa shape index (κ2) is 4.54. The van der Waals surface area contributed by atoms with Crippen LogP contribution in [0.2, 0.25) is 0 Å². The maximum atomic E-state index is 10.9. The molecule has 0 aliphatic heterocycles. The van der Waals surface area contributed by atoms with E-state index < -0.39 is 11.9 Å². The standard InChI is InChI=1S/C8H12O4/c1-5(2)12-8(11)6(3)4-7(9)10/h4-5H,1-3H3,(H,9,10)/b6-4-. The Hall–Kier alpha value is -1.32. The molecule has 0 aromatic carbocycles. The molecule has 12 heavy (non-hydrogen) atoms. The Balaban J connectivity index is 4.20. The molecule has 0 saturated carbocycles. The van der Waals surface area contributed by atoms with E-state index in [1.54, 1.807) is 13.8 Å². The topological polar surface area (TPSA) is 63.6 Å². The summed E-state index contributed by atoms with van der Waals surface area (Å²) in [6.45, 7) is 4.80. The lowest BCUT2D eigenvalue weighted by Gasteiger charge is -2.06. The van der Waals surface area contributed by atoms with Crippen molar-refractivity contribution in [1.82, 2.24) is 0 Å². The van der Waals surface area contributed by atoms with Crippen molar-refractivity contribution < 1.29 is 19.4 Å². The highest BCUT2D eigenvalue weighted by atomic mass is 16.5. The number of esters is 1. The molecule has 0 unspecified atom stereocenters. The van der Waals surface area contributed by atoms with E-state index in [9.17, 15) is 9.59 Å². The fraction of sp³-hybridized carbons (Fsp3) is 0.500. The van der Waals surface area contributed by atoms with Crippen LogP contribution in [-0.2, 0) is 14.3 Å². The van der Waals surface area contributed by atoms with E-state index in [2.05, 4.69) is 0 Å². The van der Waals surface area contributed by atoms with Gasteiger partial charge in [0.15, 0.2) is 0 Å². The van der Waals surface area contributed by atoms with E-state index in [0.717, 1.165) is 6.08 Å². The van der Waals surface area contributed by atoms with Crippen molar-refractivity contribution in [1.29, 1.82) is 0 Å². The van der Waals surface area contributed by atoms with Crippen LogP contribution in [0.3, 0.4) is 0 Å². The second-order valence-corrected chi connectivity index (χ2v) is 2.62. The number of ether oxygens (including phenoxy) is 1. The van der Waals surface area contributed by atoms with Gasteiger partial charge in [-0.1, -0.05) is 0 Å². The van der Waals surface area contributed by atoms with Crippen LogP contribution in [0.15, 0.2) is 11.6 Å². The van der Waals surface area contributed by atoms with Crippen molar-refractivity contribution in [3.63, 3.8) is 0 Å². The zero-order chi connectivity index (χ0) is 9.72. The first-order valence-corrected chi connectivity index (χ1v) is 3.55. The van der Waals surface area contributed by atoms with Gasteiger partial charge in [0.2, 0.25) is 0 Å². The summed E-state index contributed by atoms with van der Waals surface area (Å²) in [7, 11) is 0. The first-order valence-electron chi connectivity index (χ1n) is 3.55. The van der Waals surface area contributed by atoms with Crippen molar-refractivity contribution in [3.8, 4) is 0 Å². The number of carboxylic acids is 1. The highest BCUT2D eigenvalue weighted by Gasteiger charge is 2.08. The van der Waals surface area contributed by atoms with Crippen molar-refractivity contribution in [3.05, 3.63) is 11.6 Å². The summed E-state index contributed by atoms with van der Waals surface area (Å²) in [4.78, 5) is 21.1. The number of carbonyl (C=O) groups is 2. The third-order valence-electron chi connectivity index (χ3n) is 1.00. The summed E-state index contributed by atoms with van der Waals surface area (Å²) in [5.41, 5.74) is 0.0937. The summed E-state index contributed by atoms with van der Waals surface area (Å²) in [6.07, 6.45) is 0.597. The predicted molar refractivity (Wildman–Crippen MR) is 42.6 cm³/mol. The lowest BCUT2D eigenvalue weighted by atomic mass is 10.3. The minimum Gasteiger partial charge on any atom is -0.478 e. The molecule has 0 rings (SSSR count). The van der Waals surface area contributed by atoms with Gasteiger partial charge in [-0.15, -0.1) is 0 Å². The number of rotatable bonds is 3. The van der Waals surface area contributed by atoms with Crippen molar-refractivity contribution >= 4 is 11.9 Å². The lowest BCUT2D eigenvalue weighted by Crippen LogP contribution is -2.13. The van der Waals surface area contributed by atoms with Gasteiger partial charge in [-0.2, -0.15) is 0 Å². The Bertz CT molecular complexity index is 215. The molecule has 0 saturated heterocycles. The number of carbonyl (C=O) groups excluding carboxylic acids is 1. The Labute approximate surface area is 70.8 Å². The van der Waals surface area contributed by atoms with Crippen LogP contribution in [-0.4, -0.2) is 23.1 Å². The summed E-state index contributed by atoms with van der Waals surface area (Å²) >= 11 is 0. The van der Waals surface area contributed by atoms with E-state index in [1.165, 1.54) is 6.92 Å². The average molecular weight is 172 g/mol. The summed E-state index contributed by atoms with van der Waals surface area (Å²) in [6, 6.07) is 0. The molecule has 4 heteroatoms. The van der Waals surface area contributed by atoms with Crippen LogP contribution in [0.1, 0.15) is 20.8 Å². The number of hydrogen-bond acceptors (Lipinski definition) is 3. The van der Waals surface area contributed by atoms with Gasteiger partial charge in [0.25, 0.3) is 0 Å². The van der Waals surface area contributed by atoms with Gasteiger partial charge in [0.05, 0.1) is 6.10 Å². The normalized spacial score (nSPS) is 11.5. The minimum absolute atomic E-state index is 0.0937. The molecule has 0 fully saturated rings. The smallest absolute Gasteiger partial charge is 0.334 e. The molecule has 0 aromatic heterocycles. The molecule has 0 aromatic rings. The Morgan fingerprint density at radius 2 is 1.92 bits per heavy atom. The summed E-state index contributed by atoms with van der Waals surface area (Å²) in [5.74, 6) is -1.74. The quantitative estimate of drug-likeness (QED) is 0.509. The third kappa shape index (κ3) is 4.49. The van der Waals surface area contributed by atoms with Crippen molar-refractivity contribution in [2.75, 3.05) is 0 Å². The number of aliphatic carboxylic acids is 1. The number of carboxylic acid groups (broad SMARTS) is 1. The molecule has 0 bridgehead atoms. The molecule has 68 valence electrons. The van der Waals surface area contributed by atoms with E-state index >= 15 is 0 Å². The van der Waals surface area contributed by atoms with Crippen LogP contribution in [0.5, 0.6) is 0 Å². The third-order valence-corrected chi connectivity index (χ3v) is 1.00. The molecular weight excluding hydrogens is 160 g/mol. The van der Waals surface area contributed by atoms with Crippen molar-refractivity contribution in [2.45, 2.75) is 26.9 Å². The lowest BCUT2D eigenvalue weighted by molar-refractivity contribution is -0.143. The molecule has 0 aliphatic carbocycles. The van der Waals surface area contributed by atoms with E-state index in [-0.39, 0.29) is 11.7 Å². The average Bonchev–Trinajstić information content (AvgIpc) is 1.84. The monoisotopic (exact) mass is 172 g/mol. The van der Waals surface area contributed by atoms with Gasteiger partial charge in [-0.3, -0.25) is 0 Å². The van der Waals surface area contributed by atoms with Crippen LogP contribution >= 0.6 is 0 Å². The molecule has 0 radical (unpaired) electrons. The van der Waals surface area contributed by atoms with Gasteiger partial charge >= 0.3 is 11.9 Å². The van der Waals surface area contributed by atoms with Gasteiger partial charge in [0, 0.05) is 11.6 Å². The number of hydrogen-bond donors (Lipinski definition) is 1. The van der Waals surface area contributed by atoms with Gasteiger partial charge in [0.1, 0.15) is 0 Å². The van der Waals surface area contributed by atoms with Crippen LogP contribution < -0.4 is 0 Å². The van der Waals surface area contributed by atoms with Crippen molar-refractivity contribution in [2.24, 2.45) is 0 Å². The maximum absolute atomic E-state index is 10.9. The molecule has 0 spiro atoms. The molecule has 0 atom stereocenters. The minimum atomic E-state index is -1.15. The first kappa shape index (κ1) is 10.7. The largest absolute Gasteiger partial charge is 0.478 e. The second-order valence-electron chi connectivity index (χ2n) is 2.62. The van der Waals surface area contributed by atoms with Gasteiger partial charge < -0.3 is 9.84 Å². The fourth-order valence-corrected chi connectivity index (χ4v) is 0.551. The highest BCUT2D eigenvalue weighted by molar-refractivity contribution is 5.95. The zero-order valence-electron chi connectivity index (χ0n) is 7.33. The zero-order valence-corrected chi connectivity index (χ0v) is 7.33. The predicted octanol–water partition coefficient (Wildman–Crippen LogP) is 0.969. The van der Waals surface area contributed by atoms with Gasteiger partial charge in [-0.05, 0) is 20.8 Å². The summed E-state index contributed by atoms with van der Waals surface area (Å²) in [5, 5.41) is 8.28. The Morgan fingerprint density at radius 3 is 2.25 bits per heavy atom. The van der Waals surface area contributed by atoms with Gasteiger partial charge in [-0.25, -0.2) is 9.59 Å². The van der Waals surface area contributed by atoms with Crippen LogP contribution in [0, 0.1) is 0 Å². The molecule has 1 N–H and O–H groups in total. The molecule has 4 nitrogen and oxygen atoms in total. The van der Waals surface area contributed by atoms with Crippen LogP contribution in [0.25, 0.3) is 0 Å². The van der Waals surface area contributed by atoms with Crippen LogP contribution in [0.4, 0.5) is 0 Å². The van der Waals surface area contributed by atoms with E-state index in [1.807, 2.05) is 0 Å².